The number of imidazole rings is 1. The Morgan fingerprint density at radius 2 is 2.04 bits per heavy atom. The number of piperidine rings is 1. The third kappa shape index (κ3) is 4.09. The van der Waals surface area contributed by atoms with Crippen LogP contribution in [0.25, 0.3) is 11.1 Å². The molecule has 0 bridgehead atoms. The van der Waals surface area contributed by atoms with Crippen molar-refractivity contribution >= 4 is 11.6 Å². The van der Waals surface area contributed by atoms with Crippen LogP contribution in [0.15, 0.2) is 67.3 Å². The average Bonchev–Trinajstić information content (AvgIpc) is 3.26. The van der Waals surface area contributed by atoms with Crippen molar-refractivity contribution in [2.45, 2.75) is 19.4 Å². The zero-order valence-electron chi connectivity index (χ0n) is 16.2. The second-order valence-electron chi connectivity index (χ2n) is 7.43. The quantitative estimate of drug-likeness (QED) is 0.730. The maximum atomic E-state index is 13.1. The minimum absolute atomic E-state index is 0.129. The smallest absolute Gasteiger partial charge is 0.253 e. The molecule has 5 nitrogen and oxygen atoms in total. The minimum atomic E-state index is 0.129. The number of amides is 1. The van der Waals surface area contributed by atoms with E-state index < -0.39 is 0 Å². The van der Waals surface area contributed by atoms with Crippen molar-refractivity contribution < 1.29 is 4.79 Å². The maximum Gasteiger partial charge on any atom is 0.253 e. The van der Waals surface area contributed by atoms with Gasteiger partial charge in [0.15, 0.2) is 0 Å². The highest BCUT2D eigenvalue weighted by Crippen LogP contribution is 2.25. The Bertz CT molecular complexity index is 918. The number of rotatable bonds is 5. The molecule has 4 rings (SSSR count). The summed E-state index contributed by atoms with van der Waals surface area (Å²) in [4.78, 5) is 19.3. The van der Waals surface area contributed by atoms with Gasteiger partial charge < -0.3 is 14.8 Å². The number of aromatic nitrogens is 2. The zero-order valence-corrected chi connectivity index (χ0v) is 16.2. The molecule has 5 heteroatoms. The fraction of sp³-hybridized carbons (Fsp3) is 0.304. The van der Waals surface area contributed by atoms with Gasteiger partial charge in [0.05, 0.1) is 6.33 Å². The third-order valence-electron chi connectivity index (χ3n) is 5.45. The zero-order chi connectivity index (χ0) is 19.3. The molecule has 1 fully saturated rings. The Hall–Kier alpha value is -3.08. The number of benzene rings is 2. The van der Waals surface area contributed by atoms with Gasteiger partial charge in [-0.15, -0.1) is 0 Å². The second-order valence-corrected chi connectivity index (χ2v) is 7.43. The van der Waals surface area contributed by atoms with Crippen LogP contribution in [0.3, 0.4) is 0 Å². The first-order valence-electron chi connectivity index (χ1n) is 9.86. The van der Waals surface area contributed by atoms with Crippen LogP contribution in [0.4, 0.5) is 5.69 Å². The number of hydrogen-bond acceptors (Lipinski definition) is 3. The highest BCUT2D eigenvalue weighted by atomic mass is 16.2. The summed E-state index contributed by atoms with van der Waals surface area (Å²) in [5.74, 6) is 0.605. The van der Waals surface area contributed by atoms with Gasteiger partial charge in [-0.25, -0.2) is 4.98 Å². The summed E-state index contributed by atoms with van der Waals surface area (Å²) in [7, 11) is 1.91. The SMILES string of the molecule is CNc1ccc(-c2cccc(C(=O)N3CCC[C@@H](Cn4ccnc4)C3)c2)cc1. The molecule has 1 aromatic heterocycles. The number of carbonyl (C=O) groups is 1. The predicted octanol–water partition coefficient (Wildman–Crippen LogP) is 4.14. The van der Waals surface area contributed by atoms with Gasteiger partial charge in [-0.1, -0.05) is 24.3 Å². The normalized spacial score (nSPS) is 16.8. The molecule has 1 aliphatic heterocycles. The molecule has 2 heterocycles. The van der Waals surface area contributed by atoms with Crippen LogP contribution in [-0.2, 0) is 6.54 Å². The van der Waals surface area contributed by atoms with Crippen molar-refractivity contribution in [3.8, 4) is 11.1 Å². The molecule has 0 unspecified atom stereocenters. The van der Waals surface area contributed by atoms with E-state index in [0.717, 1.165) is 54.9 Å². The summed E-state index contributed by atoms with van der Waals surface area (Å²) in [6, 6.07) is 16.2. The molecule has 3 aromatic rings. The van der Waals surface area contributed by atoms with Crippen molar-refractivity contribution in [3.05, 3.63) is 72.8 Å². The predicted molar refractivity (Wildman–Crippen MR) is 112 cm³/mol. The summed E-state index contributed by atoms with van der Waals surface area (Å²) >= 11 is 0. The lowest BCUT2D eigenvalue weighted by atomic mass is 9.96. The van der Waals surface area contributed by atoms with Gasteiger partial charge in [0.1, 0.15) is 0 Å². The molecule has 2 aromatic carbocycles. The van der Waals surface area contributed by atoms with E-state index in [0.29, 0.717) is 5.92 Å². The van der Waals surface area contributed by atoms with Gasteiger partial charge in [0.25, 0.3) is 5.91 Å². The fourth-order valence-corrected chi connectivity index (χ4v) is 3.94. The van der Waals surface area contributed by atoms with E-state index in [1.807, 2.05) is 42.7 Å². The largest absolute Gasteiger partial charge is 0.388 e. The molecule has 0 aliphatic carbocycles. The topological polar surface area (TPSA) is 50.2 Å². The van der Waals surface area contributed by atoms with Crippen LogP contribution in [0.2, 0.25) is 0 Å². The first-order chi connectivity index (χ1) is 13.7. The molecule has 144 valence electrons. The molecule has 28 heavy (non-hydrogen) atoms. The van der Waals surface area contributed by atoms with Crippen LogP contribution < -0.4 is 5.32 Å². The Labute approximate surface area is 166 Å². The van der Waals surface area contributed by atoms with E-state index in [-0.39, 0.29) is 5.91 Å². The van der Waals surface area contributed by atoms with Crippen LogP contribution >= 0.6 is 0 Å². The minimum Gasteiger partial charge on any atom is -0.388 e. The molecular formula is C23H26N4O. The van der Waals surface area contributed by atoms with Crippen molar-refractivity contribution in [1.82, 2.24) is 14.5 Å². The molecule has 1 amide bonds. The van der Waals surface area contributed by atoms with Gasteiger partial charge in [-0.2, -0.15) is 0 Å². The number of hydrogen-bond donors (Lipinski definition) is 1. The van der Waals surface area contributed by atoms with Crippen molar-refractivity contribution in [2.24, 2.45) is 5.92 Å². The lowest BCUT2D eigenvalue weighted by Gasteiger charge is -2.33. The summed E-state index contributed by atoms with van der Waals surface area (Å²) < 4.78 is 2.11. The van der Waals surface area contributed by atoms with E-state index in [1.165, 1.54) is 0 Å². The number of nitrogens with one attached hydrogen (secondary N) is 1. The van der Waals surface area contributed by atoms with Crippen LogP contribution in [0.5, 0.6) is 0 Å². The first-order valence-corrected chi connectivity index (χ1v) is 9.86. The first kappa shape index (κ1) is 18.3. The van der Waals surface area contributed by atoms with E-state index in [1.54, 1.807) is 6.20 Å². The molecule has 1 aliphatic rings. The Kier molecular flexibility index (Phi) is 5.42. The average molecular weight is 374 g/mol. The van der Waals surface area contributed by atoms with Gasteiger partial charge >= 0.3 is 0 Å². The highest BCUT2D eigenvalue weighted by molar-refractivity contribution is 5.95. The lowest BCUT2D eigenvalue weighted by molar-refractivity contribution is 0.0662. The molecular weight excluding hydrogens is 348 g/mol. The van der Waals surface area contributed by atoms with E-state index in [9.17, 15) is 4.79 Å². The monoisotopic (exact) mass is 374 g/mol. The van der Waals surface area contributed by atoms with Gasteiger partial charge in [-0.3, -0.25) is 4.79 Å². The van der Waals surface area contributed by atoms with Gasteiger partial charge in [0.2, 0.25) is 0 Å². The van der Waals surface area contributed by atoms with Gasteiger partial charge in [-0.05, 0) is 54.2 Å². The third-order valence-corrected chi connectivity index (χ3v) is 5.45. The summed E-state index contributed by atoms with van der Waals surface area (Å²) in [6.45, 7) is 2.56. The van der Waals surface area contributed by atoms with Crippen LogP contribution in [-0.4, -0.2) is 40.5 Å². The van der Waals surface area contributed by atoms with E-state index in [2.05, 4.69) is 45.2 Å². The molecule has 0 saturated carbocycles. The number of anilines is 1. The van der Waals surface area contributed by atoms with Crippen molar-refractivity contribution in [1.29, 1.82) is 0 Å². The van der Waals surface area contributed by atoms with Crippen LogP contribution in [0.1, 0.15) is 23.2 Å². The summed E-state index contributed by atoms with van der Waals surface area (Å²) in [5, 5.41) is 3.13. The maximum absolute atomic E-state index is 13.1. The Morgan fingerprint density at radius 3 is 2.79 bits per heavy atom. The molecule has 0 radical (unpaired) electrons. The molecule has 1 N–H and O–H groups in total. The van der Waals surface area contributed by atoms with Crippen molar-refractivity contribution in [2.75, 3.05) is 25.5 Å². The Morgan fingerprint density at radius 1 is 1.18 bits per heavy atom. The number of likely N-dealkylation sites (tertiary alicyclic amines) is 1. The fourth-order valence-electron chi connectivity index (χ4n) is 3.94. The molecule has 1 atom stereocenters. The van der Waals surface area contributed by atoms with E-state index >= 15 is 0 Å². The standard InChI is InChI=1S/C23H26N4O/c1-24-22-9-7-19(8-10-22)20-5-2-6-21(14-20)23(28)27-12-3-4-18(16-27)15-26-13-11-25-17-26/h2,5-11,13-14,17-18,24H,3-4,12,15-16H2,1H3/t18-/m0/s1. The molecule has 0 spiro atoms. The van der Waals surface area contributed by atoms with Gasteiger partial charge in [0, 0.05) is 50.3 Å². The second kappa shape index (κ2) is 8.30. The number of carbonyl (C=O) groups excluding carboxylic acids is 1. The summed E-state index contributed by atoms with van der Waals surface area (Å²) in [5.41, 5.74) is 4.03. The number of nitrogens with zero attached hydrogens (tertiary/aromatic N) is 3. The lowest BCUT2D eigenvalue weighted by Crippen LogP contribution is -2.41. The Balaban J connectivity index is 1.48. The molecule has 1 saturated heterocycles. The van der Waals surface area contributed by atoms with E-state index in [4.69, 9.17) is 0 Å². The summed E-state index contributed by atoms with van der Waals surface area (Å²) in [6.07, 6.45) is 7.85. The highest BCUT2D eigenvalue weighted by Gasteiger charge is 2.24. The van der Waals surface area contributed by atoms with Crippen LogP contribution in [0, 0.1) is 5.92 Å². The van der Waals surface area contributed by atoms with Crippen molar-refractivity contribution in [3.63, 3.8) is 0 Å².